The van der Waals surface area contributed by atoms with Crippen LogP contribution in [0.25, 0.3) is 0 Å². The predicted octanol–water partition coefficient (Wildman–Crippen LogP) is 4.30. The number of benzene rings is 1. The van der Waals surface area contributed by atoms with Crippen molar-refractivity contribution in [2.45, 2.75) is 52.9 Å². The molecule has 0 spiro atoms. The SMILES string of the molecule is CCCCCCCNC(=S)NC(=O)c1cccc(OCC(C)C)c1. The summed E-state index contributed by atoms with van der Waals surface area (Å²) in [6, 6.07) is 7.16. The lowest BCUT2D eigenvalue weighted by molar-refractivity contribution is 0.0976. The van der Waals surface area contributed by atoms with Crippen LogP contribution in [0.4, 0.5) is 0 Å². The molecule has 0 bridgehead atoms. The molecule has 5 heteroatoms. The lowest BCUT2D eigenvalue weighted by atomic mass is 10.1. The smallest absolute Gasteiger partial charge is 0.257 e. The van der Waals surface area contributed by atoms with E-state index in [1.54, 1.807) is 12.1 Å². The molecule has 24 heavy (non-hydrogen) atoms. The third-order valence-electron chi connectivity index (χ3n) is 3.47. The van der Waals surface area contributed by atoms with E-state index in [9.17, 15) is 4.79 Å². The molecular weight excluding hydrogens is 320 g/mol. The molecule has 1 aromatic carbocycles. The van der Waals surface area contributed by atoms with Crippen LogP contribution < -0.4 is 15.4 Å². The van der Waals surface area contributed by atoms with Crippen LogP contribution >= 0.6 is 12.2 Å². The Morgan fingerprint density at radius 2 is 1.96 bits per heavy atom. The summed E-state index contributed by atoms with van der Waals surface area (Å²) in [5.74, 6) is 0.927. The van der Waals surface area contributed by atoms with Crippen LogP contribution in [0.2, 0.25) is 0 Å². The third kappa shape index (κ3) is 8.87. The van der Waals surface area contributed by atoms with Gasteiger partial charge >= 0.3 is 0 Å². The zero-order valence-corrected chi connectivity index (χ0v) is 15.9. The van der Waals surface area contributed by atoms with E-state index in [1.807, 2.05) is 12.1 Å². The topological polar surface area (TPSA) is 50.4 Å². The van der Waals surface area contributed by atoms with Gasteiger partial charge in [-0.15, -0.1) is 0 Å². The summed E-state index contributed by atoms with van der Waals surface area (Å²) in [5, 5.41) is 6.18. The maximum absolute atomic E-state index is 12.2. The van der Waals surface area contributed by atoms with Crippen LogP contribution in [-0.4, -0.2) is 24.2 Å². The number of hydrogen-bond acceptors (Lipinski definition) is 3. The molecule has 2 N–H and O–H groups in total. The van der Waals surface area contributed by atoms with Crippen molar-refractivity contribution in [2.24, 2.45) is 5.92 Å². The number of amides is 1. The van der Waals surface area contributed by atoms with Gasteiger partial charge in [0.2, 0.25) is 0 Å². The summed E-state index contributed by atoms with van der Waals surface area (Å²) in [6.07, 6.45) is 6.01. The van der Waals surface area contributed by atoms with Gasteiger partial charge in [-0.2, -0.15) is 0 Å². The van der Waals surface area contributed by atoms with Gasteiger partial charge in [-0.05, 0) is 42.8 Å². The Morgan fingerprint density at radius 1 is 1.21 bits per heavy atom. The number of unbranched alkanes of at least 4 members (excludes halogenated alkanes) is 4. The highest BCUT2D eigenvalue weighted by molar-refractivity contribution is 7.80. The first kappa shape index (κ1) is 20.4. The van der Waals surface area contributed by atoms with E-state index in [0.717, 1.165) is 13.0 Å². The van der Waals surface area contributed by atoms with Gasteiger partial charge in [0, 0.05) is 12.1 Å². The van der Waals surface area contributed by atoms with E-state index in [0.29, 0.717) is 29.0 Å². The van der Waals surface area contributed by atoms with E-state index < -0.39 is 0 Å². The number of thiocarbonyl (C=S) groups is 1. The van der Waals surface area contributed by atoms with Crippen molar-refractivity contribution in [3.63, 3.8) is 0 Å². The van der Waals surface area contributed by atoms with Gasteiger partial charge in [-0.3, -0.25) is 10.1 Å². The monoisotopic (exact) mass is 350 g/mol. The van der Waals surface area contributed by atoms with Crippen LogP contribution in [-0.2, 0) is 0 Å². The van der Waals surface area contributed by atoms with Crippen molar-refractivity contribution in [1.82, 2.24) is 10.6 Å². The van der Waals surface area contributed by atoms with Crippen LogP contribution in [0.1, 0.15) is 63.2 Å². The quantitative estimate of drug-likeness (QED) is 0.488. The van der Waals surface area contributed by atoms with Gasteiger partial charge in [0.15, 0.2) is 5.11 Å². The first-order valence-electron chi connectivity index (χ1n) is 8.85. The van der Waals surface area contributed by atoms with Crippen LogP contribution in [0.15, 0.2) is 24.3 Å². The summed E-state index contributed by atoms with van der Waals surface area (Å²) in [5.41, 5.74) is 0.545. The minimum atomic E-state index is -0.214. The van der Waals surface area contributed by atoms with E-state index >= 15 is 0 Å². The van der Waals surface area contributed by atoms with Crippen molar-refractivity contribution in [1.29, 1.82) is 0 Å². The Morgan fingerprint density at radius 3 is 2.67 bits per heavy atom. The standard InChI is InChI=1S/C19H30N2O2S/c1-4-5-6-7-8-12-20-19(24)21-18(22)16-10-9-11-17(13-16)23-14-15(2)3/h9-11,13,15H,4-8,12,14H2,1-3H3,(H2,20,21,22,24). The number of nitrogens with one attached hydrogen (secondary N) is 2. The Bertz CT molecular complexity index is 518. The average molecular weight is 351 g/mol. The largest absolute Gasteiger partial charge is 0.493 e. The molecule has 0 aliphatic heterocycles. The Labute approximate surface area is 151 Å². The van der Waals surface area contributed by atoms with Crippen molar-refractivity contribution in [2.75, 3.05) is 13.2 Å². The van der Waals surface area contributed by atoms with Gasteiger partial charge in [0.25, 0.3) is 5.91 Å². The molecule has 0 atom stereocenters. The van der Waals surface area contributed by atoms with E-state index in [2.05, 4.69) is 31.4 Å². The molecule has 0 fully saturated rings. The van der Waals surface area contributed by atoms with E-state index in [1.165, 1.54) is 25.7 Å². The minimum absolute atomic E-state index is 0.214. The second kappa shape index (κ2) is 11.8. The van der Waals surface area contributed by atoms with Gasteiger partial charge in [-0.25, -0.2) is 0 Å². The van der Waals surface area contributed by atoms with Crippen LogP contribution in [0.5, 0.6) is 5.75 Å². The lowest BCUT2D eigenvalue weighted by Crippen LogP contribution is -2.39. The molecule has 0 saturated carbocycles. The second-order valence-corrected chi connectivity index (χ2v) is 6.77. The van der Waals surface area contributed by atoms with E-state index in [4.69, 9.17) is 17.0 Å². The molecule has 0 aromatic heterocycles. The molecule has 0 aliphatic rings. The molecular formula is C19H30N2O2S. The van der Waals surface area contributed by atoms with Crippen molar-refractivity contribution < 1.29 is 9.53 Å². The molecule has 1 rings (SSSR count). The molecule has 4 nitrogen and oxygen atoms in total. The normalized spacial score (nSPS) is 10.5. The fourth-order valence-corrected chi connectivity index (χ4v) is 2.33. The first-order chi connectivity index (χ1) is 11.5. The molecule has 1 aromatic rings. The fourth-order valence-electron chi connectivity index (χ4n) is 2.14. The number of ether oxygens (including phenoxy) is 1. The summed E-state index contributed by atoms with van der Waals surface area (Å²) < 4.78 is 5.65. The van der Waals surface area contributed by atoms with E-state index in [-0.39, 0.29) is 5.91 Å². The van der Waals surface area contributed by atoms with Crippen LogP contribution in [0, 0.1) is 5.92 Å². The highest BCUT2D eigenvalue weighted by Gasteiger charge is 2.09. The first-order valence-corrected chi connectivity index (χ1v) is 9.25. The molecule has 0 aliphatic carbocycles. The van der Waals surface area contributed by atoms with Gasteiger partial charge in [-0.1, -0.05) is 52.5 Å². The molecule has 0 saturated heterocycles. The summed E-state index contributed by atoms with van der Waals surface area (Å²) in [4.78, 5) is 12.2. The minimum Gasteiger partial charge on any atom is -0.493 e. The highest BCUT2D eigenvalue weighted by Crippen LogP contribution is 2.14. The Kier molecular flexibility index (Phi) is 10.1. The van der Waals surface area contributed by atoms with Crippen molar-refractivity contribution >= 4 is 23.2 Å². The molecule has 1 amide bonds. The number of carbonyl (C=O) groups excluding carboxylic acids is 1. The zero-order valence-electron chi connectivity index (χ0n) is 15.1. The maximum Gasteiger partial charge on any atom is 0.257 e. The third-order valence-corrected chi connectivity index (χ3v) is 3.72. The number of rotatable bonds is 10. The summed E-state index contributed by atoms with van der Waals surface area (Å²) in [6.45, 7) is 7.79. The summed E-state index contributed by atoms with van der Waals surface area (Å²) >= 11 is 5.18. The van der Waals surface area contributed by atoms with Gasteiger partial charge in [0.1, 0.15) is 5.75 Å². The predicted molar refractivity (Wildman–Crippen MR) is 104 cm³/mol. The van der Waals surface area contributed by atoms with Crippen LogP contribution in [0.3, 0.4) is 0 Å². The van der Waals surface area contributed by atoms with Gasteiger partial charge < -0.3 is 10.1 Å². The summed E-state index contributed by atoms with van der Waals surface area (Å²) in [7, 11) is 0. The van der Waals surface area contributed by atoms with Gasteiger partial charge in [0.05, 0.1) is 6.61 Å². The number of carbonyl (C=O) groups is 1. The molecule has 134 valence electrons. The second-order valence-electron chi connectivity index (χ2n) is 6.36. The highest BCUT2D eigenvalue weighted by atomic mass is 32.1. The fraction of sp³-hybridized carbons (Fsp3) is 0.579. The molecule has 0 unspecified atom stereocenters. The maximum atomic E-state index is 12.2. The zero-order chi connectivity index (χ0) is 17.8. The Hall–Kier alpha value is -1.62. The molecule has 0 heterocycles. The van der Waals surface area contributed by atoms with Crippen molar-refractivity contribution in [3.8, 4) is 5.75 Å². The Balaban J connectivity index is 2.35. The lowest BCUT2D eigenvalue weighted by Gasteiger charge is -2.11. The van der Waals surface area contributed by atoms with Crippen molar-refractivity contribution in [3.05, 3.63) is 29.8 Å². The molecule has 0 radical (unpaired) electrons. The average Bonchev–Trinajstić information content (AvgIpc) is 2.56. The number of hydrogen-bond donors (Lipinski definition) is 2.